The van der Waals surface area contributed by atoms with Gasteiger partial charge in [0.25, 0.3) is 0 Å². The predicted molar refractivity (Wildman–Crippen MR) is 148 cm³/mol. The number of carbonyl (C=O) groups is 2. The average Bonchev–Trinajstić information content (AvgIpc) is 3.49. The highest BCUT2D eigenvalue weighted by molar-refractivity contribution is 5.99. The van der Waals surface area contributed by atoms with Gasteiger partial charge in [-0.15, -0.1) is 10.2 Å². The molecule has 0 spiro atoms. The number of H-pyrrole nitrogens is 1. The summed E-state index contributed by atoms with van der Waals surface area (Å²) in [6.45, 7) is 10.5. The molecule has 4 rings (SSSR count). The van der Waals surface area contributed by atoms with Crippen LogP contribution in [0.15, 0.2) is 42.5 Å². The standard InChI is InChI=1S/C29H38N6O5/c1-6-38-24-17-23(18-25(39-7-2)26(24)20(4)36)19(3)35(15-16-40-21(5)22-11-9-8-10-12-22)28(37)30-29(13-14-29)27-31-33-34-32-27/h8-12,17-19,21H,6-7,13-16H2,1-5H3,(H,30,37)(H,31,32,33,34). The summed E-state index contributed by atoms with van der Waals surface area (Å²) >= 11 is 0. The molecule has 214 valence electrons. The van der Waals surface area contributed by atoms with Crippen LogP contribution in [0.25, 0.3) is 0 Å². The third kappa shape index (κ3) is 6.59. The molecule has 0 saturated heterocycles. The van der Waals surface area contributed by atoms with E-state index in [0.29, 0.717) is 49.3 Å². The number of rotatable bonds is 14. The van der Waals surface area contributed by atoms with Gasteiger partial charge in [0, 0.05) is 6.54 Å². The molecule has 0 radical (unpaired) electrons. The molecule has 2 N–H and O–H groups in total. The van der Waals surface area contributed by atoms with E-state index in [1.165, 1.54) is 6.92 Å². The van der Waals surface area contributed by atoms with Crippen LogP contribution < -0.4 is 14.8 Å². The van der Waals surface area contributed by atoms with Gasteiger partial charge < -0.3 is 24.4 Å². The summed E-state index contributed by atoms with van der Waals surface area (Å²) in [5, 5.41) is 17.5. The normalized spacial score (nSPS) is 15.1. The van der Waals surface area contributed by atoms with Crippen molar-refractivity contribution in [3.63, 3.8) is 0 Å². The van der Waals surface area contributed by atoms with Crippen molar-refractivity contribution in [3.8, 4) is 11.5 Å². The summed E-state index contributed by atoms with van der Waals surface area (Å²) in [7, 11) is 0. The van der Waals surface area contributed by atoms with Gasteiger partial charge in [0.2, 0.25) is 0 Å². The Hall–Kier alpha value is -3.99. The fourth-order valence-electron chi connectivity index (χ4n) is 4.71. The van der Waals surface area contributed by atoms with E-state index in [1.54, 1.807) is 4.90 Å². The number of carbonyl (C=O) groups excluding carboxylic acids is 2. The Balaban J connectivity index is 1.61. The molecule has 1 saturated carbocycles. The number of ketones is 1. The minimum Gasteiger partial charge on any atom is -0.493 e. The van der Waals surface area contributed by atoms with Gasteiger partial charge in [-0.05, 0) is 70.7 Å². The van der Waals surface area contributed by atoms with Crippen LogP contribution in [-0.4, -0.2) is 63.7 Å². The number of aromatic amines is 1. The number of aromatic nitrogens is 4. The van der Waals surface area contributed by atoms with E-state index in [1.807, 2.05) is 70.2 Å². The molecule has 0 bridgehead atoms. The monoisotopic (exact) mass is 550 g/mol. The Kier molecular flexibility index (Phi) is 9.36. The Morgan fingerprint density at radius 2 is 1.70 bits per heavy atom. The summed E-state index contributed by atoms with van der Waals surface area (Å²) in [6, 6.07) is 12.9. The molecule has 2 atom stereocenters. The Labute approximate surface area is 234 Å². The quantitative estimate of drug-likeness (QED) is 0.275. The highest BCUT2D eigenvalue weighted by Gasteiger charge is 2.50. The second-order valence-corrected chi connectivity index (χ2v) is 9.86. The van der Waals surface area contributed by atoms with Gasteiger partial charge in [-0.25, -0.2) is 4.79 Å². The second-order valence-electron chi connectivity index (χ2n) is 9.86. The van der Waals surface area contributed by atoms with E-state index in [2.05, 4.69) is 25.9 Å². The molecule has 1 heterocycles. The van der Waals surface area contributed by atoms with Crippen molar-refractivity contribution in [1.29, 1.82) is 0 Å². The summed E-state index contributed by atoms with van der Waals surface area (Å²) in [5.74, 6) is 1.18. The number of tetrazole rings is 1. The maximum Gasteiger partial charge on any atom is 0.318 e. The molecule has 2 amide bonds. The van der Waals surface area contributed by atoms with Crippen molar-refractivity contribution >= 4 is 11.8 Å². The Bertz CT molecular complexity index is 1250. The first-order chi connectivity index (χ1) is 19.3. The van der Waals surface area contributed by atoms with E-state index in [9.17, 15) is 9.59 Å². The number of nitrogens with one attached hydrogen (secondary N) is 2. The van der Waals surface area contributed by atoms with Crippen LogP contribution in [-0.2, 0) is 10.3 Å². The lowest BCUT2D eigenvalue weighted by molar-refractivity contribution is 0.0470. The molecule has 1 aromatic heterocycles. The lowest BCUT2D eigenvalue weighted by Crippen LogP contribution is -2.47. The molecule has 11 heteroatoms. The first kappa shape index (κ1) is 29.0. The minimum absolute atomic E-state index is 0.139. The smallest absolute Gasteiger partial charge is 0.318 e. The van der Waals surface area contributed by atoms with Gasteiger partial charge in [-0.3, -0.25) is 4.79 Å². The van der Waals surface area contributed by atoms with Crippen LogP contribution in [0, 0.1) is 0 Å². The van der Waals surface area contributed by atoms with Crippen LogP contribution in [0.1, 0.15) is 86.9 Å². The lowest BCUT2D eigenvalue weighted by Gasteiger charge is -2.32. The van der Waals surface area contributed by atoms with E-state index in [-0.39, 0.29) is 17.9 Å². The van der Waals surface area contributed by atoms with Crippen molar-refractivity contribution in [3.05, 3.63) is 65.0 Å². The maximum atomic E-state index is 13.8. The highest BCUT2D eigenvalue weighted by atomic mass is 16.5. The van der Waals surface area contributed by atoms with E-state index in [0.717, 1.165) is 24.0 Å². The topological polar surface area (TPSA) is 132 Å². The van der Waals surface area contributed by atoms with E-state index < -0.39 is 11.6 Å². The molecule has 1 fully saturated rings. The van der Waals surface area contributed by atoms with E-state index >= 15 is 0 Å². The minimum atomic E-state index is -0.647. The molecular weight excluding hydrogens is 512 g/mol. The van der Waals surface area contributed by atoms with Crippen molar-refractivity contribution in [2.75, 3.05) is 26.4 Å². The number of hydrogen-bond donors (Lipinski definition) is 2. The van der Waals surface area contributed by atoms with Gasteiger partial charge in [0.15, 0.2) is 11.6 Å². The summed E-state index contributed by atoms with van der Waals surface area (Å²) in [6.07, 6.45) is 1.30. The van der Waals surface area contributed by atoms with E-state index in [4.69, 9.17) is 14.2 Å². The fourth-order valence-corrected chi connectivity index (χ4v) is 4.71. The number of hydrogen-bond acceptors (Lipinski definition) is 8. The number of urea groups is 1. The first-order valence-corrected chi connectivity index (χ1v) is 13.7. The third-order valence-electron chi connectivity index (χ3n) is 7.09. The van der Waals surface area contributed by atoms with Crippen LogP contribution in [0.5, 0.6) is 11.5 Å². The molecule has 0 aliphatic heterocycles. The number of Topliss-reactive ketones (excluding diaryl/α,β-unsaturated/α-hetero) is 1. The molecule has 1 aliphatic rings. The predicted octanol–water partition coefficient (Wildman–Crippen LogP) is 4.74. The SMILES string of the molecule is CCOc1cc(C(C)N(CCOC(C)c2ccccc2)C(=O)NC2(c3nn[nH]n3)CC2)cc(OCC)c1C(C)=O. The Morgan fingerprint density at radius 3 is 2.23 bits per heavy atom. The largest absolute Gasteiger partial charge is 0.493 e. The second kappa shape index (κ2) is 12.9. The third-order valence-corrected chi connectivity index (χ3v) is 7.09. The zero-order valence-corrected chi connectivity index (χ0v) is 23.8. The average molecular weight is 551 g/mol. The van der Waals surface area contributed by atoms with Crippen molar-refractivity contribution in [2.24, 2.45) is 0 Å². The van der Waals surface area contributed by atoms with Crippen LogP contribution in [0.2, 0.25) is 0 Å². The Morgan fingerprint density at radius 1 is 1.05 bits per heavy atom. The maximum absolute atomic E-state index is 13.8. The number of benzene rings is 2. The molecule has 3 aromatic rings. The lowest BCUT2D eigenvalue weighted by atomic mass is 10.0. The van der Waals surface area contributed by atoms with Crippen molar-refractivity contribution < 1.29 is 23.8 Å². The molecule has 11 nitrogen and oxygen atoms in total. The van der Waals surface area contributed by atoms with Gasteiger partial charge in [-0.1, -0.05) is 35.5 Å². The van der Waals surface area contributed by atoms with Gasteiger partial charge >= 0.3 is 6.03 Å². The zero-order valence-electron chi connectivity index (χ0n) is 23.8. The van der Waals surface area contributed by atoms with Gasteiger partial charge in [-0.2, -0.15) is 5.21 Å². The van der Waals surface area contributed by atoms with Crippen LogP contribution in [0.3, 0.4) is 0 Å². The number of ether oxygens (including phenoxy) is 3. The van der Waals surface area contributed by atoms with Crippen molar-refractivity contribution in [1.82, 2.24) is 30.8 Å². The zero-order chi connectivity index (χ0) is 28.7. The summed E-state index contributed by atoms with van der Waals surface area (Å²) in [5.41, 5.74) is 1.58. The molecule has 40 heavy (non-hydrogen) atoms. The first-order valence-electron chi connectivity index (χ1n) is 13.7. The van der Waals surface area contributed by atoms with Crippen LogP contribution in [0.4, 0.5) is 4.79 Å². The van der Waals surface area contributed by atoms with Crippen LogP contribution >= 0.6 is 0 Å². The highest BCUT2D eigenvalue weighted by Crippen LogP contribution is 2.44. The molecular formula is C29H38N6O5. The van der Waals surface area contributed by atoms with Crippen molar-refractivity contribution in [2.45, 2.75) is 65.1 Å². The summed E-state index contributed by atoms with van der Waals surface area (Å²) < 4.78 is 17.8. The number of nitrogens with zero attached hydrogens (tertiary/aromatic N) is 4. The molecule has 2 aromatic carbocycles. The number of amides is 2. The summed E-state index contributed by atoms with van der Waals surface area (Å²) in [4.78, 5) is 28.0. The van der Waals surface area contributed by atoms with Gasteiger partial charge in [0.05, 0.1) is 32.0 Å². The molecule has 2 unspecified atom stereocenters. The fraction of sp³-hybridized carbons (Fsp3) is 0.483. The van der Waals surface area contributed by atoms with Gasteiger partial charge in [0.1, 0.15) is 22.6 Å². The molecule has 1 aliphatic carbocycles.